The van der Waals surface area contributed by atoms with E-state index in [4.69, 9.17) is 23.2 Å². The van der Waals surface area contributed by atoms with Crippen molar-refractivity contribution in [2.45, 2.75) is 18.9 Å². The largest absolute Gasteiger partial charge is 0.353 e. The summed E-state index contributed by atoms with van der Waals surface area (Å²) in [5.74, 6) is -1.12. The molecule has 2 aliphatic rings. The van der Waals surface area contributed by atoms with Crippen LogP contribution in [0.4, 0.5) is 10.1 Å². The third kappa shape index (κ3) is 4.69. The van der Waals surface area contributed by atoms with Crippen LogP contribution < -0.4 is 10.2 Å². The van der Waals surface area contributed by atoms with Crippen molar-refractivity contribution in [1.29, 1.82) is 0 Å². The average molecular weight is 464 g/mol. The number of aliphatic imine (C=N–C) groups is 1. The van der Waals surface area contributed by atoms with Crippen LogP contribution in [0.1, 0.15) is 18.4 Å². The lowest BCUT2D eigenvalue weighted by atomic mass is 10.2. The Morgan fingerprint density at radius 1 is 1.23 bits per heavy atom. The quantitative estimate of drug-likeness (QED) is 0.642. The van der Waals surface area contributed by atoms with Crippen LogP contribution in [0.15, 0.2) is 53.2 Å². The maximum absolute atomic E-state index is 14.4. The highest BCUT2D eigenvalue weighted by Gasteiger charge is 2.34. The lowest BCUT2D eigenvalue weighted by Crippen LogP contribution is -2.33. The van der Waals surface area contributed by atoms with Gasteiger partial charge >= 0.3 is 0 Å². The second-order valence-electron chi connectivity index (χ2n) is 6.82. The number of halogens is 3. The molecule has 1 aliphatic heterocycles. The van der Waals surface area contributed by atoms with Gasteiger partial charge in [-0.1, -0.05) is 53.2 Å². The standard InChI is InChI=1S/C21H16Cl2FN3O2S/c22-14-8-5-12(9-15(14)23)10-17-20(29)27(18-4-2-1-3-16(18)24)21(26-17)30-11-19(28)25-13-6-7-13/h1-5,8-10,13H,6-7,11H2,(H,25,28)/b17-10+. The van der Waals surface area contributed by atoms with Gasteiger partial charge in [0, 0.05) is 6.04 Å². The third-order valence-corrected chi connectivity index (χ3v) is 6.12. The van der Waals surface area contributed by atoms with Gasteiger partial charge in [0.25, 0.3) is 5.91 Å². The Morgan fingerprint density at radius 2 is 2.00 bits per heavy atom. The van der Waals surface area contributed by atoms with Gasteiger partial charge in [-0.15, -0.1) is 0 Å². The Balaban J connectivity index is 1.63. The van der Waals surface area contributed by atoms with Crippen molar-refractivity contribution < 1.29 is 14.0 Å². The Labute approximate surface area is 186 Å². The van der Waals surface area contributed by atoms with Crippen LogP contribution in [0.5, 0.6) is 0 Å². The van der Waals surface area contributed by atoms with Crippen molar-refractivity contribution in [2.75, 3.05) is 10.7 Å². The van der Waals surface area contributed by atoms with Gasteiger partial charge in [0.1, 0.15) is 11.5 Å². The topological polar surface area (TPSA) is 61.8 Å². The molecule has 1 aliphatic carbocycles. The number of nitrogens with one attached hydrogen (secondary N) is 1. The number of hydrogen-bond acceptors (Lipinski definition) is 4. The number of carbonyl (C=O) groups excluding carboxylic acids is 2. The molecule has 0 atom stereocenters. The van der Waals surface area contributed by atoms with Gasteiger partial charge in [-0.3, -0.25) is 14.5 Å². The van der Waals surface area contributed by atoms with Crippen LogP contribution in [-0.2, 0) is 9.59 Å². The number of nitrogens with zero attached hydrogens (tertiary/aromatic N) is 2. The fraction of sp³-hybridized carbons (Fsp3) is 0.190. The van der Waals surface area contributed by atoms with Gasteiger partial charge < -0.3 is 5.32 Å². The minimum atomic E-state index is -0.558. The van der Waals surface area contributed by atoms with E-state index in [0.717, 1.165) is 24.6 Å². The zero-order valence-corrected chi connectivity index (χ0v) is 17.9. The van der Waals surface area contributed by atoms with E-state index in [1.807, 2.05) is 0 Å². The van der Waals surface area contributed by atoms with Crippen LogP contribution >= 0.6 is 35.0 Å². The van der Waals surface area contributed by atoms with E-state index in [-0.39, 0.29) is 34.3 Å². The molecule has 0 saturated heterocycles. The second-order valence-corrected chi connectivity index (χ2v) is 8.58. The van der Waals surface area contributed by atoms with E-state index in [0.29, 0.717) is 15.6 Å². The van der Waals surface area contributed by atoms with Gasteiger partial charge in [0.2, 0.25) is 5.91 Å². The summed E-state index contributed by atoms with van der Waals surface area (Å²) in [6, 6.07) is 11.1. The first-order valence-corrected chi connectivity index (χ1v) is 10.9. The first-order valence-electron chi connectivity index (χ1n) is 9.19. The highest BCUT2D eigenvalue weighted by molar-refractivity contribution is 8.14. The summed E-state index contributed by atoms with van der Waals surface area (Å²) in [5.41, 5.74) is 0.818. The zero-order chi connectivity index (χ0) is 21.3. The molecule has 154 valence electrons. The fourth-order valence-corrected chi connectivity index (χ4v) is 3.95. The number of thioether (sulfide) groups is 1. The molecular formula is C21H16Cl2FN3O2S. The van der Waals surface area contributed by atoms with Gasteiger partial charge in [-0.05, 0) is 48.7 Å². The molecule has 30 heavy (non-hydrogen) atoms. The predicted molar refractivity (Wildman–Crippen MR) is 119 cm³/mol. The number of amidine groups is 1. The van der Waals surface area contributed by atoms with Crippen molar-refractivity contribution in [2.24, 2.45) is 4.99 Å². The molecule has 0 unspecified atom stereocenters. The van der Waals surface area contributed by atoms with E-state index in [2.05, 4.69) is 10.3 Å². The van der Waals surface area contributed by atoms with Crippen LogP contribution in [0.3, 0.4) is 0 Å². The van der Waals surface area contributed by atoms with Crippen molar-refractivity contribution in [3.63, 3.8) is 0 Å². The van der Waals surface area contributed by atoms with E-state index in [1.165, 1.54) is 17.0 Å². The van der Waals surface area contributed by atoms with E-state index < -0.39 is 11.7 Å². The average Bonchev–Trinajstić information content (AvgIpc) is 3.47. The summed E-state index contributed by atoms with van der Waals surface area (Å²) in [7, 11) is 0. The molecule has 1 N–H and O–H groups in total. The Kier molecular flexibility index (Phi) is 6.13. The number of carbonyl (C=O) groups is 2. The minimum absolute atomic E-state index is 0.0770. The predicted octanol–water partition coefficient (Wildman–Crippen LogP) is 4.89. The Hall–Kier alpha value is -2.35. The van der Waals surface area contributed by atoms with Crippen molar-refractivity contribution >= 4 is 63.7 Å². The van der Waals surface area contributed by atoms with E-state index >= 15 is 0 Å². The molecule has 4 rings (SSSR count). The summed E-state index contributed by atoms with van der Waals surface area (Å²) in [6.07, 6.45) is 3.51. The molecule has 9 heteroatoms. The van der Waals surface area contributed by atoms with Crippen LogP contribution in [0.25, 0.3) is 6.08 Å². The molecular weight excluding hydrogens is 448 g/mol. The highest BCUT2D eigenvalue weighted by Crippen LogP contribution is 2.32. The van der Waals surface area contributed by atoms with Gasteiger partial charge in [-0.2, -0.15) is 0 Å². The van der Waals surface area contributed by atoms with Crippen molar-refractivity contribution in [3.8, 4) is 0 Å². The summed E-state index contributed by atoms with van der Waals surface area (Å²) in [4.78, 5) is 30.7. The minimum Gasteiger partial charge on any atom is -0.353 e. The van der Waals surface area contributed by atoms with Gasteiger partial charge in [-0.25, -0.2) is 9.38 Å². The molecule has 1 fully saturated rings. The van der Waals surface area contributed by atoms with Crippen LogP contribution in [0.2, 0.25) is 10.0 Å². The maximum Gasteiger partial charge on any atom is 0.283 e. The Morgan fingerprint density at radius 3 is 2.70 bits per heavy atom. The molecule has 2 amide bonds. The first kappa shape index (κ1) is 20.9. The first-order chi connectivity index (χ1) is 14.4. The smallest absolute Gasteiger partial charge is 0.283 e. The molecule has 2 aromatic rings. The van der Waals surface area contributed by atoms with E-state index in [9.17, 15) is 14.0 Å². The maximum atomic E-state index is 14.4. The molecule has 0 bridgehead atoms. The van der Waals surface area contributed by atoms with Crippen LogP contribution in [-0.4, -0.2) is 28.8 Å². The summed E-state index contributed by atoms with van der Waals surface area (Å²) < 4.78 is 14.4. The number of anilines is 1. The Bertz CT molecular complexity index is 1090. The SMILES string of the molecule is O=C(CSC1=N/C(=C/c2ccc(Cl)c(Cl)c2)C(=O)N1c1ccccc1F)NC1CC1. The summed E-state index contributed by atoms with van der Waals surface area (Å²) in [5, 5.41) is 3.86. The second kappa shape index (κ2) is 8.79. The normalized spacial score (nSPS) is 17.4. The number of rotatable bonds is 5. The molecule has 2 aromatic carbocycles. The van der Waals surface area contributed by atoms with Crippen LogP contribution in [0, 0.1) is 5.82 Å². The molecule has 0 aromatic heterocycles. The third-order valence-electron chi connectivity index (χ3n) is 4.44. The molecule has 0 radical (unpaired) electrons. The highest BCUT2D eigenvalue weighted by atomic mass is 35.5. The number of benzene rings is 2. The van der Waals surface area contributed by atoms with E-state index in [1.54, 1.807) is 36.4 Å². The fourth-order valence-electron chi connectivity index (χ4n) is 2.83. The van der Waals surface area contributed by atoms with Crippen molar-refractivity contribution in [1.82, 2.24) is 5.32 Å². The lowest BCUT2D eigenvalue weighted by Gasteiger charge is -2.18. The molecule has 5 nitrogen and oxygen atoms in total. The molecule has 1 saturated carbocycles. The monoisotopic (exact) mass is 463 g/mol. The lowest BCUT2D eigenvalue weighted by molar-refractivity contribution is -0.118. The molecule has 1 heterocycles. The van der Waals surface area contributed by atoms with Gasteiger partial charge in [0.05, 0.1) is 21.5 Å². The van der Waals surface area contributed by atoms with Crippen molar-refractivity contribution in [3.05, 3.63) is 69.6 Å². The number of hydrogen-bond donors (Lipinski definition) is 1. The summed E-state index contributed by atoms with van der Waals surface area (Å²) in [6.45, 7) is 0. The molecule has 0 spiro atoms. The van der Waals surface area contributed by atoms with Gasteiger partial charge in [0.15, 0.2) is 5.17 Å². The summed E-state index contributed by atoms with van der Waals surface area (Å²) >= 11 is 13.1. The number of amides is 2. The zero-order valence-electron chi connectivity index (χ0n) is 15.6. The number of para-hydroxylation sites is 1.